The van der Waals surface area contributed by atoms with Gasteiger partial charge in [-0.2, -0.15) is 0 Å². The molecule has 3 atom stereocenters. The molecule has 3 unspecified atom stereocenters. The van der Waals surface area contributed by atoms with Gasteiger partial charge >= 0.3 is 0 Å². The molecule has 102 valence electrons. The van der Waals surface area contributed by atoms with Crippen LogP contribution in [0.5, 0.6) is 0 Å². The Labute approximate surface area is 110 Å². The molecule has 1 saturated heterocycles. The van der Waals surface area contributed by atoms with Gasteiger partial charge in [0.05, 0.1) is 11.9 Å². The normalized spacial score (nSPS) is 30.3. The van der Waals surface area contributed by atoms with E-state index in [0.717, 1.165) is 38.1 Å². The van der Waals surface area contributed by atoms with Crippen molar-refractivity contribution in [2.24, 2.45) is 0 Å². The highest BCUT2D eigenvalue weighted by Gasteiger charge is 2.31. The molecule has 1 aromatic rings. The molecule has 1 N–H and O–H groups in total. The van der Waals surface area contributed by atoms with E-state index in [-0.39, 0.29) is 5.60 Å². The Morgan fingerprint density at radius 3 is 3.06 bits per heavy atom. The maximum atomic E-state index is 5.87. The van der Waals surface area contributed by atoms with E-state index in [0.29, 0.717) is 12.1 Å². The van der Waals surface area contributed by atoms with Crippen LogP contribution in [0.2, 0.25) is 0 Å². The van der Waals surface area contributed by atoms with Gasteiger partial charge in [-0.1, -0.05) is 6.92 Å². The fraction of sp³-hybridized carbons (Fsp3) is 0.733. The first kappa shape index (κ1) is 13.6. The molecule has 0 saturated carbocycles. The van der Waals surface area contributed by atoms with E-state index in [1.807, 2.05) is 12.1 Å². The summed E-state index contributed by atoms with van der Waals surface area (Å²) < 4.78 is 11.3. The molecule has 3 nitrogen and oxygen atoms in total. The van der Waals surface area contributed by atoms with Crippen LogP contribution in [0.4, 0.5) is 0 Å². The molecule has 0 radical (unpaired) electrons. The predicted octanol–water partition coefficient (Wildman–Crippen LogP) is 3.15. The maximum absolute atomic E-state index is 5.87. The summed E-state index contributed by atoms with van der Waals surface area (Å²) in [6, 6.07) is 5.00. The first-order chi connectivity index (χ1) is 8.61. The third-order valence-electron chi connectivity index (χ3n) is 3.95. The molecule has 0 spiro atoms. The average Bonchev–Trinajstić information content (AvgIpc) is 2.81. The number of furan rings is 1. The lowest BCUT2D eigenvalue weighted by molar-refractivity contribution is -0.0789. The van der Waals surface area contributed by atoms with Gasteiger partial charge in [-0.3, -0.25) is 0 Å². The average molecular weight is 251 g/mol. The molecular weight excluding hydrogens is 226 g/mol. The van der Waals surface area contributed by atoms with Gasteiger partial charge < -0.3 is 14.5 Å². The Morgan fingerprint density at radius 2 is 2.39 bits per heavy atom. The van der Waals surface area contributed by atoms with E-state index < -0.39 is 0 Å². The van der Waals surface area contributed by atoms with Crippen molar-refractivity contribution in [2.45, 2.75) is 64.1 Å². The van der Waals surface area contributed by atoms with Gasteiger partial charge in [-0.25, -0.2) is 0 Å². The zero-order valence-electron chi connectivity index (χ0n) is 11.7. The molecule has 3 heteroatoms. The van der Waals surface area contributed by atoms with Crippen LogP contribution >= 0.6 is 0 Å². The van der Waals surface area contributed by atoms with Crippen LogP contribution in [0.25, 0.3) is 0 Å². The lowest BCUT2D eigenvalue weighted by atomic mass is 9.89. The molecule has 2 heterocycles. The van der Waals surface area contributed by atoms with Crippen LogP contribution in [-0.4, -0.2) is 24.3 Å². The van der Waals surface area contributed by atoms with Crippen molar-refractivity contribution >= 4 is 0 Å². The number of rotatable bonds is 5. The van der Waals surface area contributed by atoms with Gasteiger partial charge in [-0.15, -0.1) is 0 Å². The van der Waals surface area contributed by atoms with Gasteiger partial charge in [0.25, 0.3) is 0 Å². The molecule has 18 heavy (non-hydrogen) atoms. The summed E-state index contributed by atoms with van der Waals surface area (Å²) in [7, 11) is 0. The number of ether oxygens (including phenoxy) is 1. The van der Waals surface area contributed by atoms with Gasteiger partial charge in [0.15, 0.2) is 0 Å². The fourth-order valence-corrected chi connectivity index (χ4v) is 2.71. The monoisotopic (exact) mass is 251 g/mol. The second-order valence-electron chi connectivity index (χ2n) is 5.69. The van der Waals surface area contributed by atoms with E-state index >= 15 is 0 Å². The first-order valence-corrected chi connectivity index (χ1v) is 7.04. The highest BCUT2D eigenvalue weighted by molar-refractivity contribution is 5.00. The Morgan fingerprint density at radius 1 is 1.56 bits per heavy atom. The first-order valence-electron chi connectivity index (χ1n) is 7.04. The standard InChI is InChI=1S/C15H25NO2/c1-4-15(3)11-13(7-9-18-15)16-12(2)10-14-6-5-8-17-14/h5-6,8,12-13,16H,4,7,9-11H2,1-3H3. The Balaban J connectivity index is 1.81. The molecule has 1 aliphatic heterocycles. The summed E-state index contributed by atoms with van der Waals surface area (Å²) >= 11 is 0. The Kier molecular flexibility index (Phi) is 4.46. The van der Waals surface area contributed by atoms with E-state index in [1.54, 1.807) is 6.26 Å². The van der Waals surface area contributed by atoms with Crippen LogP contribution in [0.15, 0.2) is 22.8 Å². The smallest absolute Gasteiger partial charge is 0.105 e. The largest absolute Gasteiger partial charge is 0.469 e. The van der Waals surface area contributed by atoms with Crippen LogP contribution in [0.3, 0.4) is 0 Å². The predicted molar refractivity (Wildman–Crippen MR) is 72.7 cm³/mol. The van der Waals surface area contributed by atoms with Crippen LogP contribution < -0.4 is 5.32 Å². The summed E-state index contributed by atoms with van der Waals surface area (Å²) in [6.07, 6.45) is 5.99. The second-order valence-corrected chi connectivity index (χ2v) is 5.69. The topological polar surface area (TPSA) is 34.4 Å². The summed E-state index contributed by atoms with van der Waals surface area (Å²) in [4.78, 5) is 0. The van der Waals surface area contributed by atoms with Gasteiger partial charge in [0.2, 0.25) is 0 Å². The number of nitrogens with one attached hydrogen (secondary N) is 1. The molecule has 2 rings (SSSR count). The number of hydrogen-bond donors (Lipinski definition) is 1. The molecular formula is C15H25NO2. The van der Waals surface area contributed by atoms with E-state index in [4.69, 9.17) is 9.15 Å². The molecule has 1 aliphatic rings. The van der Waals surface area contributed by atoms with E-state index in [9.17, 15) is 0 Å². The summed E-state index contributed by atoms with van der Waals surface area (Å²) in [5.74, 6) is 1.06. The lowest BCUT2D eigenvalue weighted by Gasteiger charge is -2.39. The lowest BCUT2D eigenvalue weighted by Crippen LogP contribution is -2.48. The third kappa shape index (κ3) is 3.59. The fourth-order valence-electron chi connectivity index (χ4n) is 2.71. The van der Waals surface area contributed by atoms with Crippen molar-refractivity contribution in [1.82, 2.24) is 5.32 Å². The number of hydrogen-bond acceptors (Lipinski definition) is 3. The van der Waals surface area contributed by atoms with E-state index in [1.165, 1.54) is 0 Å². The minimum absolute atomic E-state index is 0.0559. The van der Waals surface area contributed by atoms with Crippen molar-refractivity contribution in [3.63, 3.8) is 0 Å². The molecule has 0 bridgehead atoms. The summed E-state index contributed by atoms with van der Waals surface area (Å²) in [5.41, 5.74) is 0.0559. The third-order valence-corrected chi connectivity index (χ3v) is 3.95. The van der Waals surface area contributed by atoms with Crippen molar-refractivity contribution in [3.8, 4) is 0 Å². The van der Waals surface area contributed by atoms with Crippen LogP contribution in [0, 0.1) is 0 Å². The zero-order chi connectivity index (χ0) is 13.0. The Bertz CT molecular complexity index is 349. The summed E-state index contributed by atoms with van der Waals surface area (Å²) in [6.45, 7) is 7.52. The van der Waals surface area contributed by atoms with Crippen molar-refractivity contribution < 1.29 is 9.15 Å². The van der Waals surface area contributed by atoms with Crippen LogP contribution in [0.1, 0.15) is 45.8 Å². The van der Waals surface area contributed by atoms with Crippen LogP contribution in [-0.2, 0) is 11.2 Å². The zero-order valence-corrected chi connectivity index (χ0v) is 11.7. The summed E-state index contributed by atoms with van der Waals surface area (Å²) in [5, 5.41) is 3.71. The van der Waals surface area contributed by atoms with Gasteiger partial charge in [0.1, 0.15) is 5.76 Å². The molecule has 0 aromatic carbocycles. The van der Waals surface area contributed by atoms with E-state index in [2.05, 4.69) is 26.1 Å². The minimum atomic E-state index is 0.0559. The van der Waals surface area contributed by atoms with Crippen molar-refractivity contribution in [2.75, 3.05) is 6.61 Å². The minimum Gasteiger partial charge on any atom is -0.469 e. The Hall–Kier alpha value is -0.800. The molecule has 0 aliphatic carbocycles. The SMILES string of the molecule is CCC1(C)CC(NC(C)Cc2ccco2)CCO1. The molecule has 0 amide bonds. The van der Waals surface area contributed by atoms with Gasteiger partial charge in [0, 0.05) is 25.1 Å². The van der Waals surface area contributed by atoms with Crippen molar-refractivity contribution in [1.29, 1.82) is 0 Å². The van der Waals surface area contributed by atoms with Gasteiger partial charge in [-0.05, 0) is 45.2 Å². The molecule has 1 fully saturated rings. The van der Waals surface area contributed by atoms with Crippen molar-refractivity contribution in [3.05, 3.63) is 24.2 Å². The molecule has 1 aromatic heterocycles. The highest BCUT2D eigenvalue weighted by Crippen LogP contribution is 2.28. The highest BCUT2D eigenvalue weighted by atomic mass is 16.5. The quantitative estimate of drug-likeness (QED) is 0.873. The maximum Gasteiger partial charge on any atom is 0.105 e. The second kappa shape index (κ2) is 5.89.